The summed E-state index contributed by atoms with van der Waals surface area (Å²) in [6.45, 7) is 0.682. The Bertz CT molecular complexity index is 692. The SMILES string of the molecule is Cn1nnnc1-c1cccc(NCc2ccccn2)c1. The minimum Gasteiger partial charge on any atom is -0.379 e. The molecule has 6 heteroatoms. The molecule has 0 bridgehead atoms. The average Bonchev–Trinajstić information content (AvgIpc) is 2.93. The van der Waals surface area contributed by atoms with Crippen LogP contribution in [-0.2, 0) is 13.6 Å². The van der Waals surface area contributed by atoms with Crippen molar-refractivity contribution in [3.8, 4) is 11.4 Å². The molecule has 0 aliphatic carbocycles. The first-order chi connectivity index (χ1) is 9.83. The Kier molecular flexibility index (Phi) is 3.36. The third-order valence-electron chi connectivity index (χ3n) is 2.94. The van der Waals surface area contributed by atoms with Gasteiger partial charge in [0.1, 0.15) is 0 Å². The first-order valence-electron chi connectivity index (χ1n) is 6.29. The van der Waals surface area contributed by atoms with Crippen molar-refractivity contribution in [3.63, 3.8) is 0 Å². The van der Waals surface area contributed by atoms with E-state index in [0.29, 0.717) is 6.54 Å². The molecule has 2 heterocycles. The molecule has 0 radical (unpaired) electrons. The molecule has 0 unspecified atom stereocenters. The molecule has 0 saturated carbocycles. The third kappa shape index (κ3) is 2.64. The summed E-state index contributed by atoms with van der Waals surface area (Å²) in [7, 11) is 1.82. The Morgan fingerprint density at radius 3 is 2.85 bits per heavy atom. The van der Waals surface area contributed by atoms with Gasteiger partial charge >= 0.3 is 0 Å². The highest BCUT2D eigenvalue weighted by molar-refractivity contribution is 5.62. The number of hydrogen-bond acceptors (Lipinski definition) is 5. The summed E-state index contributed by atoms with van der Waals surface area (Å²) in [6.07, 6.45) is 1.79. The Morgan fingerprint density at radius 2 is 2.10 bits per heavy atom. The first kappa shape index (κ1) is 12.3. The van der Waals surface area contributed by atoms with Gasteiger partial charge in [-0.25, -0.2) is 4.68 Å². The highest BCUT2D eigenvalue weighted by atomic mass is 15.5. The molecule has 1 aromatic carbocycles. The maximum Gasteiger partial charge on any atom is 0.181 e. The summed E-state index contributed by atoms with van der Waals surface area (Å²) < 4.78 is 1.65. The van der Waals surface area contributed by atoms with Gasteiger partial charge in [-0.2, -0.15) is 0 Å². The fraction of sp³-hybridized carbons (Fsp3) is 0.143. The van der Waals surface area contributed by atoms with Gasteiger partial charge in [-0.3, -0.25) is 4.98 Å². The Hall–Kier alpha value is -2.76. The fourth-order valence-electron chi connectivity index (χ4n) is 1.94. The number of rotatable bonds is 4. The number of nitrogens with zero attached hydrogens (tertiary/aromatic N) is 5. The van der Waals surface area contributed by atoms with Crippen LogP contribution in [0.15, 0.2) is 48.7 Å². The van der Waals surface area contributed by atoms with Gasteiger partial charge in [0.05, 0.1) is 12.2 Å². The van der Waals surface area contributed by atoms with Gasteiger partial charge in [0.2, 0.25) is 0 Å². The van der Waals surface area contributed by atoms with Gasteiger partial charge in [0.15, 0.2) is 5.82 Å². The summed E-state index contributed by atoms with van der Waals surface area (Å²) in [5.74, 6) is 0.742. The molecule has 3 aromatic rings. The van der Waals surface area contributed by atoms with E-state index >= 15 is 0 Å². The molecule has 3 rings (SSSR count). The van der Waals surface area contributed by atoms with Crippen molar-refractivity contribution in [3.05, 3.63) is 54.4 Å². The number of anilines is 1. The quantitative estimate of drug-likeness (QED) is 0.781. The number of aryl methyl sites for hydroxylation is 1. The van der Waals surface area contributed by atoms with Crippen molar-refractivity contribution in [1.29, 1.82) is 0 Å². The second kappa shape index (κ2) is 5.48. The van der Waals surface area contributed by atoms with Crippen LogP contribution >= 0.6 is 0 Å². The van der Waals surface area contributed by atoms with Crippen LogP contribution in [0.1, 0.15) is 5.69 Å². The molecule has 0 spiro atoms. The Balaban J connectivity index is 1.77. The number of hydrogen-bond donors (Lipinski definition) is 1. The standard InChI is InChI=1S/C14H14N6/c1-20-14(17-18-19-20)11-5-4-7-12(9-11)16-10-13-6-2-3-8-15-13/h2-9,16H,10H2,1H3. The van der Waals surface area contributed by atoms with E-state index in [0.717, 1.165) is 22.8 Å². The normalized spacial score (nSPS) is 10.4. The highest BCUT2D eigenvalue weighted by Crippen LogP contribution is 2.19. The number of benzene rings is 1. The topological polar surface area (TPSA) is 68.5 Å². The zero-order valence-electron chi connectivity index (χ0n) is 11.1. The van der Waals surface area contributed by atoms with Crippen molar-refractivity contribution in [2.45, 2.75) is 6.54 Å². The van der Waals surface area contributed by atoms with Crippen LogP contribution in [-0.4, -0.2) is 25.2 Å². The maximum atomic E-state index is 4.28. The molecular weight excluding hydrogens is 252 g/mol. The van der Waals surface area contributed by atoms with E-state index in [9.17, 15) is 0 Å². The second-order valence-corrected chi connectivity index (χ2v) is 4.38. The Labute approximate surface area is 116 Å². The lowest BCUT2D eigenvalue weighted by Crippen LogP contribution is -2.01. The predicted molar refractivity (Wildman–Crippen MR) is 75.8 cm³/mol. The van der Waals surface area contributed by atoms with E-state index in [1.54, 1.807) is 10.9 Å². The molecule has 0 fully saturated rings. The van der Waals surface area contributed by atoms with Gasteiger partial charge in [-0.1, -0.05) is 18.2 Å². The molecule has 0 atom stereocenters. The van der Waals surface area contributed by atoms with Crippen LogP contribution in [0.25, 0.3) is 11.4 Å². The van der Waals surface area contributed by atoms with Gasteiger partial charge in [-0.05, 0) is 34.7 Å². The lowest BCUT2D eigenvalue weighted by atomic mass is 10.2. The van der Waals surface area contributed by atoms with Gasteiger partial charge < -0.3 is 5.32 Å². The second-order valence-electron chi connectivity index (χ2n) is 4.38. The van der Waals surface area contributed by atoms with Crippen LogP contribution in [0, 0.1) is 0 Å². The van der Waals surface area contributed by atoms with Gasteiger partial charge in [-0.15, -0.1) is 5.10 Å². The van der Waals surface area contributed by atoms with E-state index < -0.39 is 0 Å². The summed E-state index contributed by atoms with van der Waals surface area (Å²) in [6, 6.07) is 13.9. The first-order valence-corrected chi connectivity index (χ1v) is 6.29. The van der Waals surface area contributed by atoms with E-state index in [4.69, 9.17) is 0 Å². The van der Waals surface area contributed by atoms with Crippen LogP contribution in [0.5, 0.6) is 0 Å². The summed E-state index contributed by atoms with van der Waals surface area (Å²) in [5.41, 5.74) is 2.98. The largest absolute Gasteiger partial charge is 0.379 e. The summed E-state index contributed by atoms with van der Waals surface area (Å²) in [5, 5.41) is 14.8. The van der Waals surface area contributed by atoms with Crippen molar-refractivity contribution in [2.75, 3.05) is 5.32 Å². The molecule has 20 heavy (non-hydrogen) atoms. The predicted octanol–water partition coefficient (Wildman–Crippen LogP) is 1.88. The van der Waals surface area contributed by atoms with Crippen LogP contribution in [0.3, 0.4) is 0 Å². The molecule has 0 amide bonds. The third-order valence-corrected chi connectivity index (χ3v) is 2.94. The average molecular weight is 266 g/mol. The van der Waals surface area contributed by atoms with Crippen LogP contribution < -0.4 is 5.32 Å². The van der Waals surface area contributed by atoms with Crippen LogP contribution in [0.4, 0.5) is 5.69 Å². The lowest BCUT2D eigenvalue weighted by Gasteiger charge is -2.07. The smallest absolute Gasteiger partial charge is 0.181 e. The number of tetrazole rings is 1. The summed E-state index contributed by atoms with van der Waals surface area (Å²) in [4.78, 5) is 4.28. The molecule has 1 N–H and O–H groups in total. The molecule has 0 aliphatic rings. The van der Waals surface area contributed by atoms with E-state index in [-0.39, 0.29) is 0 Å². The minimum atomic E-state index is 0.682. The monoisotopic (exact) mass is 266 g/mol. The zero-order chi connectivity index (χ0) is 13.8. The van der Waals surface area contributed by atoms with Gasteiger partial charge in [0, 0.05) is 24.5 Å². The number of aromatic nitrogens is 5. The number of nitrogens with one attached hydrogen (secondary N) is 1. The van der Waals surface area contributed by atoms with Crippen molar-refractivity contribution >= 4 is 5.69 Å². The minimum absolute atomic E-state index is 0.682. The maximum absolute atomic E-state index is 4.28. The molecule has 0 saturated heterocycles. The zero-order valence-corrected chi connectivity index (χ0v) is 11.1. The molecule has 6 nitrogen and oxygen atoms in total. The van der Waals surface area contributed by atoms with Crippen molar-refractivity contribution < 1.29 is 0 Å². The van der Waals surface area contributed by atoms with E-state index in [1.807, 2.05) is 49.5 Å². The molecule has 0 aliphatic heterocycles. The number of pyridine rings is 1. The summed E-state index contributed by atoms with van der Waals surface area (Å²) >= 11 is 0. The lowest BCUT2D eigenvalue weighted by molar-refractivity contribution is 0.714. The molecular formula is C14H14N6. The highest BCUT2D eigenvalue weighted by Gasteiger charge is 2.06. The molecule has 2 aromatic heterocycles. The Morgan fingerprint density at radius 1 is 1.15 bits per heavy atom. The van der Waals surface area contributed by atoms with Gasteiger partial charge in [0.25, 0.3) is 0 Å². The molecule has 100 valence electrons. The van der Waals surface area contributed by atoms with E-state index in [1.165, 1.54) is 0 Å². The van der Waals surface area contributed by atoms with Crippen molar-refractivity contribution in [2.24, 2.45) is 7.05 Å². The van der Waals surface area contributed by atoms with Crippen LogP contribution in [0.2, 0.25) is 0 Å². The fourth-order valence-corrected chi connectivity index (χ4v) is 1.94. The van der Waals surface area contributed by atoms with E-state index in [2.05, 4.69) is 25.8 Å². The van der Waals surface area contributed by atoms with Crippen molar-refractivity contribution in [1.82, 2.24) is 25.2 Å².